The van der Waals surface area contributed by atoms with E-state index in [1.807, 2.05) is 23.6 Å². The van der Waals surface area contributed by atoms with Crippen LogP contribution in [0.5, 0.6) is 0 Å². The van der Waals surface area contributed by atoms with Crippen LogP contribution >= 0.6 is 11.3 Å². The average Bonchev–Trinajstić information content (AvgIpc) is 3.45. The van der Waals surface area contributed by atoms with Gasteiger partial charge in [0.1, 0.15) is 5.69 Å². The Balaban J connectivity index is 1.15. The largest absolute Gasteiger partial charge is 0.320 e. The Morgan fingerprint density at radius 2 is 1.68 bits per heavy atom. The van der Waals surface area contributed by atoms with Gasteiger partial charge < -0.3 is 10.2 Å². The van der Waals surface area contributed by atoms with E-state index >= 15 is 0 Å². The number of piperidine rings is 1. The molecule has 5 heteroatoms. The van der Waals surface area contributed by atoms with Crippen molar-refractivity contribution < 1.29 is 4.79 Å². The number of likely N-dealkylation sites (tertiary alicyclic amines) is 1. The van der Waals surface area contributed by atoms with Crippen LogP contribution < -0.4 is 5.32 Å². The third-order valence-electron chi connectivity index (χ3n) is 7.32. The maximum Gasteiger partial charge on any atom is 0.275 e. The number of amides is 1. The molecular formula is C32H35N3OS. The molecule has 1 aliphatic rings. The van der Waals surface area contributed by atoms with E-state index in [1.54, 1.807) is 11.3 Å². The van der Waals surface area contributed by atoms with E-state index in [1.165, 1.54) is 17.5 Å². The van der Waals surface area contributed by atoms with Crippen LogP contribution in [0, 0.1) is 0 Å². The summed E-state index contributed by atoms with van der Waals surface area (Å²) in [5.74, 6) is 0.305. The van der Waals surface area contributed by atoms with Crippen molar-refractivity contribution in [1.29, 1.82) is 0 Å². The van der Waals surface area contributed by atoms with Gasteiger partial charge in [-0.2, -0.15) is 0 Å². The van der Waals surface area contributed by atoms with E-state index in [4.69, 9.17) is 4.98 Å². The smallest absolute Gasteiger partial charge is 0.275 e. The first-order valence-electron chi connectivity index (χ1n) is 13.4. The molecule has 1 fully saturated rings. The zero-order valence-electron chi connectivity index (χ0n) is 21.5. The summed E-state index contributed by atoms with van der Waals surface area (Å²) >= 11 is 1.63. The number of para-hydroxylation sites is 1. The third-order valence-corrected chi connectivity index (χ3v) is 8.33. The molecule has 0 saturated carbocycles. The molecule has 1 amide bonds. The summed E-state index contributed by atoms with van der Waals surface area (Å²) in [5.41, 5.74) is 6.18. The summed E-state index contributed by atoms with van der Waals surface area (Å²) in [6.07, 6.45) is 5.56. The summed E-state index contributed by atoms with van der Waals surface area (Å²) < 4.78 is 0. The second kappa shape index (κ2) is 12.3. The van der Waals surface area contributed by atoms with Gasteiger partial charge in [0, 0.05) is 22.5 Å². The first-order chi connectivity index (χ1) is 18.2. The lowest BCUT2D eigenvalue weighted by Gasteiger charge is -2.31. The number of aryl methyl sites for hydroxylation is 2. The van der Waals surface area contributed by atoms with Gasteiger partial charge in [0.25, 0.3) is 5.91 Å². The van der Waals surface area contributed by atoms with Gasteiger partial charge in [-0.15, -0.1) is 11.3 Å². The summed E-state index contributed by atoms with van der Waals surface area (Å²) in [7, 11) is 0. The van der Waals surface area contributed by atoms with Gasteiger partial charge in [0.2, 0.25) is 0 Å². The van der Waals surface area contributed by atoms with Crippen molar-refractivity contribution in [2.75, 3.05) is 25.0 Å². The van der Waals surface area contributed by atoms with Crippen LogP contribution in [0.3, 0.4) is 0 Å². The van der Waals surface area contributed by atoms with Crippen molar-refractivity contribution in [2.24, 2.45) is 0 Å². The highest BCUT2D eigenvalue weighted by atomic mass is 32.1. The second-order valence-electron chi connectivity index (χ2n) is 9.83. The highest BCUT2D eigenvalue weighted by molar-refractivity contribution is 7.10. The Hall–Kier alpha value is -3.28. The fourth-order valence-electron chi connectivity index (χ4n) is 5.08. The van der Waals surface area contributed by atoms with Crippen LogP contribution in [0.4, 0.5) is 5.69 Å². The van der Waals surface area contributed by atoms with Crippen LogP contribution in [0.15, 0.2) is 84.2 Å². The molecule has 1 saturated heterocycles. The molecule has 0 bridgehead atoms. The standard InChI is InChI=1S/C32H35N3OS/c1-2-24-14-16-26(17-15-24)28-12-6-7-13-29(28)33-31(36)30-23-37-32(34-30)27-18-21-35(22-19-27)20-8-11-25-9-4-3-5-10-25/h3-7,9-10,12-17,23,27H,2,8,11,18-22H2,1H3,(H,33,36). The number of hydrogen-bond donors (Lipinski definition) is 1. The molecule has 5 rings (SSSR count). The maximum atomic E-state index is 13.1. The minimum atomic E-state index is -0.140. The van der Waals surface area contributed by atoms with Crippen molar-refractivity contribution in [1.82, 2.24) is 9.88 Å². The quantitative estimate of drug-likeness (QED) is 0.255. The first kappa shape index (κ1) is 25.4. The lowest BCUT2D eigenvalue weighted by Crippen LogP contribution is -2.33. The molecule has 0 radical (unpaired) electrons. The number of rotatable bonds is 9. The van der Waals surface area contributed by atoms with Gasteiger partial charge in [0.05, 0.1) is 5.01 Å². The number of thiazole rings is 1. The average molecular weight is 510 g/mol. The molecule has 0 aliphatic carbocycles. The van der Waals surface area contributed by atoms with Crippen LogP contribution in [-0.4, -0.2) is 35.4 Å². The number of aromatic nitrogens is 1. The molecular weight excluding hydrogens is 474 g/mol. The molecule has 1 aliphatic heterocycles. The number of nitrogens with one attached hydrogen (secondary N) is 1. The summed E-state index contributed by atoms with van der Waals surface area (Å²) in [4.78, 5) is 20.5. The fourth-order valence-corrected chi connectivity index (χ4v) is 6.06. The van der Waals surface area contributed by atoms with Gasteiger partial charge in [-0.1, -0.05) is 79.7 Å². The predicted octanol–water partition coefficient (Wildman–Crippen LogP) is 7.44. The van der Waals surface area contributed by atoms with Gasteiger partial charge in [-0.05, 0) is 74.5 Å². The van der Waals surface area contributed by atoms with Crippen molar-refractivity contribution >= 4 is 22.9 Å². The first-order valence-corrected chi connectivity index (χ1v) is 14.3. The molecule has 190 valence electrons. The lowest BCUT2D eigenvalue weighted by atomic mass is 9.97. The van der Waals surface area contributed by atoms with Crippen LogP contribution in [0.1, 0.15) is 58.7 Å². The van der Waals surface area contributed by atoms with Crippen molar-refractivity contribution in [2.45, 2.75) is 44.9 Å². The second-order valence-corrected chi connectivity index (χ2v) is 10.7. The monoisotopic (exact) mass is 509 g/mol. The fraction of sp³-hybridized carbons (Fsp3) is 0.312. The summed E-state index contributed by atoms with van der Waals surface area (Å²) in [5, 5.41) is 6.12. The number of anilines is 1. The van der Waals surface area contributed by atoms with E-state index in [0.29, 0.717) is 11.6 Å². The molecule has 4 aromatic rings. The molecule has 4 nitrogen and oxygen atoms in total. The summed E-state index contributed by atoms with van der Waals surface area (Å²) in [6, 6.07) is 27.3. The van der Waals surface area contributed by atoms with Gasteiger partial charge in [-0.3, -0.25) is 4.79 Å². The van der Waals surface area contributed by atoms with E-state index in [-0.39, 0.29) is 5.91 Å². The van der Waals surface area contributed by atoms with E-state index in [9.17, 15) is 4.79 Å². The third kappa shape index (κ3) is 6.54. The molecule has 2 heterocycles. The molecule has 1 N–H and O–H groups in total. The Bertz CT molecular complexity index is 1290. The number of carbonyl (C=O) groups is 1. The van der Waals surface area contributed by atoms with Crippen LogP contribution in [0.25, 0.3) is 11.1 Å². The van der Waals surface area contributed by atoms with E-state index in [0.717, 1.165) is 67.1 Å². The molecule has 3 aromatic carbocycles. The number of hydrogen-bond acceptors (Lipinski definition) is 4. The molecule has 0 atom stereocenters. The topological polar surface area (TPSA) is 45.2 Å². The van der Waals surface area contributed by atoms with E-state index < -0.39 is 0 Å². The minimum Gasteiger partial charge on any atom is -0.320 e. The number of benzene rings is 3. The highest BCUT2D eigenvalue weighted by Gasteiger charge is 2.24. The van der Waals surface area contributed by atoms with Crippen LogP contribution in [-0.2, 0) is 12.8 Å². The molecule has 1 aromatic heterocycles. The van der Waals surface area contributed by atoms with Gasteiger partial charge in [0.15, 0.2) is 0 Å². The number of nitrogens with zero attached hydrogens (tertiary/aromatic N) is 2. The summed E-state index contributed by atoms with van der Waals surface area (Å²) in [6.45, 7) is 5.51. The minimum absolute atomic E-state index is 0.140. The Morgan fingerprint density at radius 3 is 2.43 bits per heavy atom. The molecule has 0 spiro atoms. The maximum absolute atomic E-state index is 13.1. The Kier molecular flexibility index (Phi) is 8.44. The SMILES string of the molecule is CCc1ccc(-c2ccccc2NC(=O)c2csc(C3CCN(CCCc4ccccc4)CC3)n2)cc1. The molecule has 37 heavy (non-hydrogen) atoms. The normalized spacial score (nSPS) is 14.5. The van der Waals surface area contributed by atoms with Crippen molar-refractivity contribution in [3.63, 3.8) is 0 Å². The van der Waals surface area contributed by atoms with Gasteiger partial charge >= 0.3 is 0 Å². The van der Waals surface area contributed by atoms with Crippen molar-refractivity contribution in [3.8, 4) is 11.1 Å². The van der Waals surface area contributed by atoms with Crippen LogP contribution in [0.2, 0.25) is 0 Å². The highest BCUT2D eigenvalue weighted by Crippen LogP contribution is 2.32. The Morgan fingerprint density at radius 1 is 0.946 bits per heavy atom. The van der Waals surface area contributed by atoms with Gasteiger partial charge in [-0.25, -0.2) is 4.98 Å². The lowest BCUT2D eigenvalue weighted by molar-refractivity contribution is 0.102. The molecule has 0 unspecified atom stereocenters. The van der Waals surface area contributed by atoms with Crippen molar-refractivity contribution in [3.05, 3.63) is 106 Å². The van der Waals surface area contributed by atoms with E-state index in [2.05, 4.69) is 77.8 Å². The zero-order valence-corrected chi connectivity index (χ0v) is 22.3. The zero-order chi connectivity index (χ0) is 25.5. The predicted molar refractivity (Wildman–Crippen MR) is 155 cm³/mol. The Labute approximate surface area is 224 Å². The number of carbonyl (C=O) groups excluding carboxylic acids is 1.